The maximum absolute atomic E-state index is 10.9. The average Bonchev–Trinajstić information content (AvgIpc) is 2.03. The van der Waals surface area contributed by atoms with E-state index in [4.69, 9.17) is 0 Å². The van der Waals surface area contributed by atoms with Crippen molar-refractivity contribution in [2.45, 2.75) is 26.2 Å². The summed E-state index contributed by atoms with van der Waals surface area (Å²) in [5.41, 5.74) is 1.23. The lowest BCUT2D eigenvalue weighted by molar-refractivity contribution is -0.121. The minimum atomic E-state index is 0.418. The molecule has 0 radical (unpaired) electrons. The molecule has 0 aliphatic carbocycles. The van der Waals surface area contributed by atoms with Crippen molar-refractivity contribution >= 4 is 5.78 Å². The molecule has 0 aromatic heterocycles. The fraction of sp³-hybridized carbons (Fsp3) is 0.700. The average molecular weight is 167 g/mol. The molecular formula is C10H17NO. The van der Waals surface area contributed by atoms with E-state index in [1.54, 1.807) is 0 Å². The van der Waals surface area contributed by atoms with Crippen LogP contribution in [-0.4, -0.2) is 30.3 Å². The predicted molar refractivity (Wildman–Crippen MR) is 50.1 cm³/mol. The van der Waals surface area contributed by atoms with Crippen LogP contribution in [0.3, 0.4) is 0 Å². The lowest BCUT2D eigenvalue weighted by Gasteiger charge is -2.25. The molecule has 0 aromatic rings. The summed E-state index contributed by atoms with van der Waals surface area (Å²) in [5, 5.41) is 0. The molecule has 1 saturated heterocycles. The van der Waals surface area contributed by atoms with E-state index in [1.165, 1.54) is 5.57 Å². The molecular weight excluding hydrogens is 150 g/mol. The number of nitrogens with zero attached hydrogens (tertiary/aromatic N) is 1. The van der Waals surface area contributed by atoms with Crippen molar-refractivity contribution in [3.05, 3.63) is 12.2 Å². The lowest BCUT2D eigenvalue weighted by atomic mass is 10.1. The molecule has 2 nitrogen and oxygen atoms in total. The summed E-state index contributed by atoms with van der Waals surface area (Å²) in [6.07, 6.45) is 2.56. The molecule has 1 aliphatic heterocycles. The smallest absolute Gasteiger partial charge is 0.135 e. The molecule has 2 heteroatoms. The Hall–Kier alpha value is -0.630. The first-order valence-electron chi connectivity index (χ1n) is 4.57. The molecule has 1 rings (SSSR count). The monoisotopic (exact) mass is 167 g/mol. The van der Waals surface area contributed by atoms with Gasteiger partial charge in [-0.2, -0.15) is 0 Å². The summed E-state index contributed by atoms with van der Waals surface area (Å²) in [6.45, 7) is 8.88. The molecule has 12 heavy (non-hydrogen) atoms. The molecule has 0 atom stereocenters. The van der Waals surface area contributed by atoms with E-state index in [0.29, 0.717) is 5.78 Å². The van der Waals surface area contributed by atoms with E-state index >= 15 is 0 Å². The second-order valence-corrected chi connectivity index (χ2v) is 3.59. The van der Waals surface area contributed by atoms with Gasteiger partial charge in [0.2, 0.25) is 0 Å². The van der Waals surface area contributed by atoms with Gasteiger partial charge in [-0.1, -0.05) is 5.57 Å². The van der Waals surface area contributed by atoms with Gasteiger partial charge in [-0.25, -0.2) is 0 Å². The van der Waals surface area contributed by atoms with E-state index in [9.17, 15) is 4.79 Å². The van der Waals surface area contributed by atoms with Gasteiger partial charge in [-0.05, 0) is 13.3 Å². The van der Waals surface area contributed by atoms with E-state index in [1.807, 2.05) is 0 Å². The van der Waals surface area contributed by atoms with Crippen LogP contribution < -0.4 is 0 Å². The number of carbonyl (C=O) groups is 1. The minimum absolute atomic E-state index is 0.418. The Morgan fingerprint density at radius 3 is 2.58 bits per heavy atom. The number of carbonyl (C=O) groups excluding carboxylic acids is 1. The zero-order valence-corrected chi connectivity index (χ0v) is 7.81. The Balaban J connectivity index is 2.17. The molecule has 0 aromatic carbocycles. The van der Waals surface area contributed by atoms with Gasteiger partial charge in [0.25, 0.3) is 0 Å². The Kier molecular flexibility index (Phi) is 3.48. The third-order valence-electron chi connectivity index (χ3n) is 2.27. The van der Waals surface area contributed by atoms with Gasteiger partial charge in [0, 0.05) is 32.5 Å². The van der Waals surface area contributed by atoms with Crippen LogP contribution in [0.15, 0.2) is 12.2 Å². The quantitative estimate of drug-likeness (QED) is 0.595. The van der Waals surface area contributed by atoms with Crippen molar-refractivity contribution in [3.8, 4) is 0 Å². The Bertz CT molecular complexity index is 176. The number of rotatable bonds is 3. The Labute approximate surface area is 74.2 Å². The lowest BCUT2D eigenvalue weighted by Crippen LogP contribution is -2.34. The van der Waals surface area contributed by atoms with Gasteiger partial charge in [0.15, 0.2) is 0 Å². The highest BCUT2D eigenvalue weighted by atomic mass is 16.1. The van der Waals surface area contributed by atoms with E-state index in [2.05, 4.69) is 18.4 Å². The number of Topliss-reactive ketones (excluding diaryl/α,β-unsaturated/α-hetero) is 1. The predicted octanol–water partition coefficient (Wildman–Crippen LogP) is 1.62. The van der Waals surface area contributed by atoms with Crippen molar-refractivity contribution < 1.29 is 4.79 Å². The van der Waals surface area contributed by atoms with Crippen molar-refractivity contribution in [1.82, 2.24) is 4.90 Å². The van der Waals surface area contributed by atoms with Crippen molar-refractivity contribution in [2.24, 2.45) is 0 Å². The van der Waals surface area contributed by atoms with Crippen LogP contribution in [0, 0.1) is 0 Å². The Morgan fingerprint density at radius 1 is 1.50 bits per heavy atom. The summed E-state index contributed by atoms with van der Waals surface area (Å²) < 4.78 is 0. The number of ketones is 1. The maximum Gasteiger partial charge on any atom is 0.135 e. The minimum Gasteiger partial charge on any atom is -0.302 e. The fourth-order valence-corrected chi connectivity index (χ4v) is 1.38. The molecule has 0 N–H and O–H groups in total. The van der Waals surface area contributed by atoms with Crippen LogP contribution in [0.5, 0.6) is 0 Å². The third kappa shape index (κ3) is 3.18. The molecule has 0 bridgehead atoms. The second-order valence-electron chi connectivity index (χ2n) is 3.59. The van der Waals surface area contributed by atoms with Gasteiger partial charge in [-0.15, -0.1) is 6.58 Å². The molecule has 1 aliphatic rings. The van der Waals surface area contributed by atoms with Crippen LogP contribution in [0.1, 0.15) is 26.2 Å². The van der Waals surface area contributed by atoms with E-state index < -0.39 is 0 Å². The SMILES string of the molecule is C=C(C)CCN1CCC(=O)CC1. The highest BCUT2D eigenvalue weighted by Crippen LogP contribution is 2.07. The first-order valence-corrected chi connectivity index (χ1v) is 4.57. The number of hydrogen-bond donors (Lipinski definition) is 0. The fourth-order valence-electron chi connectivity index (χ4n) is 1.38. The molecule has 0 amide bonds. The molecule has 1 fully saturated rings. The van der Waals surface area contributed by atoms with Gasteiger partial charge in [-0.3, -0.25) is 4.79 Å². The molecule has 0 unspecified atom stereocenters. The highest BCUT2D eigenvalue weighted by Gasteiger charge is 2.14. The van der Waals surface area contributed by atoms with Crippen LogP contribution in [0.25, 0.3) is 0 Å². The number of likely N-dealkylation sites (tertiary alicyclic amines) is 1. The first-order chi connectivity index (χ1) is 5.68. The van der Waals surface area contributed by atoms with E-state index in [-0.39, 0.29) is 0 Å². The van der Waals surface area contributed by atoms with Gasteiger partial charge in [0.05, 0.1) is 0 Å². The summed E-state index contributed by atoms with van der Waals surface area (Å²) >= 11 is 0. The zero-order valence-electron chi connectivity index (χ0n) is 7.81. The van der Waals surface area contributed by atoms with Gasteiger partial charge in [0.1, 0.15) is 5.78 Å². The second kappa shape index (κ2) is 4.41. The summed E-state index contributed by atoms with van der Waals surface area (Å²) in [4.78, 5) is 13.2. The van der Waals surface area contributed by atoms with Gasteiger partial charge >= 0.3 is 0 Å². The van der Waals surface area contributed by atoms with Crippen molar-refractivity contribution in [1.29, 1.82) is 0 Å². The molecule has 1 heterocycles. The molecule has 0 spiro atoms. The first kappa shape index (κ1) is 9.46. The molecule has 0 saturated carbocycles. The largest absolute Gasteiger partial charge is 0.302 e. The highest BCUT2D eigenvalue weighted by molar-refractivity contribution is 5.79. The third-order valence-corrected chi connectivity index (χ3v) is 2.27. The zero-order chi connectivity index (χ0) is 8.97. The molecule has 68 valence electrons. The summed E-state index contributed by atoms with van der Waals surface area (Å²) in [7, 11) is 0. The number of hydrogen-bond acceptors (Lipinski definition) is 2. The van der Waals surface area contributed by atoms with Crippen molar-refractivity contribution in [2.75, 3.05) is 19.6 Å². The van der Waals surface area contributed by atoms with Crippen molar-refractivity contribution in [3.63, 3.8) is 0 Å². The topological polar surface area (TPSA) is 20.3 Å². The van der Waals surface area contributed by atoms with Crippen LogP contribution in [-0.2, 0) is 4.79 Å². The standard InChI is InChI=1S/C10H17NO/c1-9(2)3-6-11-7-4-10(12)5-8-11/h1,3-8H2,2H3. The number of piperidine rings is 1. The Morgan fingerprint density at radius 2 is 2.08 bits per heavy atom. The van der Waals surface area contributed by atoms with E-state index in [0.717, 1.165) is 38.9 Å². The summed E-state index contributed by atoms with van der Waals surface area (Å²) in [6, 6.07) is 0. The van der Waals surface area contributed by atoms with Crippen LogP contribution in [0.4, 0.5) is 0 Å². The van der Waals surface area contributed by atoms with Crippen LogP contribution >= 0.6 is 0 Å². The van der Waals surface area contributed by atoms with Crippen LogP contribution in [0.2, 0.25) is 0 Å². The summed E-state index contributed by atoms with van der Waals surface area (Å²) in [5.74, 6) is 0.418. The maximum atomic E-state index is 10.9. The van der Waals surface area contributed by atoms with Gasteiger partial charge < -0.3 is 4.90 Å². The normalized spacial score (nSPS) is 19.6.